The van der Waals surface area contributed by atoms with E-state index < -0.39 is 42.8 Å². The van der Waals surface area contributed by atoms with Gasteiger partial charge in [-0.2, -0.15) is 39.5 Å². The molecule has 0 radical (unpaired) electrons. The molecule has 11 heteroatoms. The second kappa shape index (κ2) is 12.7. The van der Waals surface area contributed by atoms with Gasteiger partial charge in [0.25, 0.3) is 0 Å². The monoisotopic (exact) mass is 548 g/mol. The van der Waals surface area contributed by atoms with Crippen molar-refractivity contribution in [2.24, 2.45) is 11.8 Å². The number of hydrogen-bond donors (Lipinski definition) is 0. The number of halogens is 9. The van der Waals surface area contributed by atoms with Crippen LogP contribution >= 0.6 is 0 Å². The number of carbonyl (C=O) groups is 1. The zero-order valence-corrected chi connectivity index (χ0v) is 20.7. The molecule has 1 fully saturated rings. The van der Waals surface area contributed by atoms with E-state index >= 15 is 0 Å². The molecule has 0 heterocycles. The minimum Gasteiger partial charge on any atom is -0.426 e. The van der Waals surface area contributed by atoms with Crippen molar-refractivity contribution in [1.29, 1.82) is 0 Å². The average Bonchev–Trinajstić information content (AvgIpc) is 2.83. The third-order valence-corrected chi connectivity index (χ3v) is 6.98. The van der Waals surface area contributed by atoms with Gasteiger partial charge in [-0.3, -0.25) is 4.79 Å². The molecule has 1 aliphatic carbocycles. The van der Waals surface area contributed by atoms with Crippen molar-refractivity contribution >= 4 is 5.97 Å². The van der Waals surface area contributed by atoms with Crippen LogP contribution in [-0.4, -0.2) is 29.9 Å². The summed E-state index contributed by atoms with van der Waals surface area (Å²) < 4.78 is 122. The summed E-state index contributed by atoms with van der Waals surface area (Å²) in [5, 5.41) is 0. The first-order chi connectivity index (χ1) is 17.1. The molecule has 0 atom stereocenters. The predicted molar refractivity (Wildman–Crippen MR) is 120 cm³/mol. The van der Waals surface area contributed by atoms with Crippen molar-refractivity contribution in [2.75, 3.05) is 0 Å². The lowest BCUT2D eigenvalue weighted by Crippen LogP contribution is -2.60. The van der Waals surface area contributed by atoms with Gasteiger partial charge in [0.15, 0.2) is 0 Å². The molecular formula is C26H33F9O2. The Kier molecular flexibility index (Phi) is 10.8. The zero-order valence-electron chi connectivity index (χ0n) is 20.7. The van der Waals surface area contributed by atoms with Crippen LogP contribution < -0.4 is 4.74 Å². The topological polar surface area (TPSA) is 26.3 Å². The summed E-state index contributed by atoms with van der Waals surface area (Å²) in [7, 11) is 0. The van der Waals surface area contributed by atoms with Crippen LogP contribution in [0.2, 0.25) is 0 Å². The maximum absolute atomic E-state index is 13.7. The third-order valence-electron chi connectivity index (χ3n) is 6.98. The number of unbranched alkanes of at least 4 members (excludes halogenated alkanes) is 4. The number of aryl methyl sites for hydroxylation is 1. The SMILES string of the molecule is CCCCCCCC1CCC(C(=O)Oc2ccc(CCC(F)(F)C(F)(F)C(F)(F)C(F)(F)F)cc2)CC1. The van der Waals surface area contributed by atoms with E-state index in [9.17, 15) is 44.3 Å². The first-order valence-corrected chi connectivity index (χ1v) is 12.6. The maximum atomic E-state index is 13.7. The number of ether oxygens (including phenoxy) is 1. The van der Waals surface area contributed by atoms with Crippen molar-refractivity contribution in [2.45, 2.75) is 108 Å². The van der Waals surface area contributed by atoms with Crippen molar-refractivity contribution < 1.29 is 49.0 Å². The fourth-order valence-corrected chi connectivity index (χ4v) is 4.51. The number of hydrogen-bond acceptors (Lipinski definition) is 2. The molecule has 0 N–H and O–H groups in total. The van der Waals surface area contributed by atoms with E-state index in [4.69, 9.17) is 4.74 Å². The summed E-state index contributed by atoms with van der Waals surface area (Å²) in [6, 6.07) is 4.79. The number of carbonyl (C=O) groups excluding carboxylic acids is 1. The minimum atomic E-state index is -6.89. The summed E-state index contributed by atoms with van der Waals surface area (Å²) in [6.45, 7) is 2.16. The van der Waals surface area contributed by atoms with E-state index in [1.807, 2.05) is 0 Å². The van der Waals surface area contributed by atoms with Crippen LogP contribution in [0.25, 0.3) is 0 Å². The summed E-state index contributed by atoms with van der Waals surface area (Å²) in [5.41, 5.74) is -0.0231. The van der Waals surface area contributed by atoms with Gasteiger partial charge in [-0.15, -0.1) is 0 Å². The molecule has 0 unspecified atom stereocenters. The van der Waals surface area contributed by atoms with Gasteiger partial charge in [0.2, 0.25) is 0 Å². The van der Waals surface area contributed by atoms with Gasteiger partial charge in [-0.25, -0.2) is 0 Å². The van der Waals surface area contributed by atoms with Crippen LogP contribution in [0.15, 0.2) is 24.3 Å². The molecule has 2 rings (SSSR count). The molecule has 1 aliphatic rings. The number of alkyl halides is 9. The van der Waals surface area contributed by atoms with Gasteiger partial charge in [-0.1, -0.05) is 57.6 Å². The van der Waals surface area contributed by atoms with Gasteiger partial charge in [-0.05, 0) is 55.7 Å². The fraction of sp³-hybridized carbons (Fsp3) is 0.731. The van der Waals surface area contributed by atoms with Crippen LogP contribution in [0.4, 0.5) is 39.5 Å². The first-order valence-electron chi connectivity index (χ1n) is 12.6. The van der Waals surface area contributed by atoms with Crippen molar-refractivity contribution in [3.8, 4) is 5.75 Å². The van der Waals surface area contributed by atoms with E-state index in [-0.39, 0.29) is 17.2 Å². The van der Waals surface area contributed by atoms with Crippen LogP contribution in [0.3, 0.4) is 0 Å². The Morgan fingerprint density at radius 2 is 1.38 bits per heavy atom. The van der Waals surface area contributed by atoms with Gasteiger partial charge in [0.1, 0.15) is 5.75 Å². The molecule has 212 valence electrons. The van der Waals surface area contributed by atoms with Gasteiger partial charge in [0.05, 0.1) is 5.92 Å². The van der Waals surface area contributed by atoms with Gasteiger partial charge in [0, 0.05) is 6.42 Å². The van der Waals surface area contributed by atoms with Gasteiger partial charge >= 0.3 is 29.9 Å². The molecule has 1 aromatic rings. The maximum Gasteiger partial charge on any atom is 0.460 e. The van der Waals surface area contributed by atoms with Crippen molar-refractivity contribution in [3.63, 3.8) is 0 Å². The molecule has 1 aromatic carbocycles. The highest BCUT2D eigenvalue weighted by Gasteiger charge is 2.81. The van der Waals surface area contributed by atoms with Crippen molar-refractivity contribution in [3.05, 3.63) is 29.8 Å². The molecule has 1 saturated carbocycles. The van der Waals surface area contributed by atoms with Crippen molar-refractivity contribution in [1.82, 2.24) is 0 Å². The lowest BCUT2D eigenvalue weighted by Gasteiger charge is -2.33. The molecule has 37 heavy (non-hydrogen) atoms. The molecule has 0 amide bonds. The lowest BCUT2D eigenvalue weighted by molar-refractivity contribution is -0.396. The molecule has 0 bridgehead atoms. The molecule has 0 saturated heterocycles. The highest BCUT2D eigenvalue weighted by Crippen LogP contribution is 2.54. The number of esters is 1. The van der Waals surface area contributed by atoms with Crippen LogP contribution in [0, 0.1) is 11.8 Å². The summed E-state index contributed by atoms with van der Waals surface area (Å²) in [5.74, 6) is -19.2. The molecule has 2 nitrogen and oxygen atoms in total. The van der Waals surface area contributed by atoms with Crippen LogP contribution in [0.5, 0.6) is 5.75 Å². The number of rotatable bonds is 13. The Labute approximate surface area is 210 Å². The standard InChI is InChI=1S/C26H33F9O2/c1-2-3-4-5-6-7-18-8-12-20(13-9-18)22(36)37-21-14-10-19(11-15-21)16-17-23(27,28)24(29,30)25(31,32)26(33,34)35/h10-11,14-15,18,20H,2-9,12-13,16-17H2,1H3. The Morgan fingerprint density at radius 1 is 0.811 bits per heavy atom. The Bertz CT molecular complexity index is 843. The highest BCUT2D eigenvalue weighted by atomic mass is 19.4. The van der Waals surface area contributed by atoms with E-state index in [2.05, 4.69) is 6.92 Å². The van der Waals surface area contributed by atoms with Crippen LogP contribution in [0.1, 0.15) is 83.1 Å². The van der Waals surface area contributed by atoms with E-state index in [1.165, 1.54) is 44.2 Å². The predicted octanol–water partition coefficient (Wildman–Crippen LogP) is 9.16. The summed E-state index contributed by atoms with van der Waals surface area (Å²) >= 11 is 0. The zero-order chi connectivity index (χ0) is 27.9. The normalized spacial score (nSPS) is 19.6. The fourth-order valence-electron chi connectivity index (χ4n) is 4.51. The second-order valence-corrected chi connectivity index (χ2v) is 9.84. The minimum absolute atomic E-state index is 0.0231. The summed E-state index contributed by atoms with van der Waals surface area (Å²) in [6.07, 6.45) is 0.791. The Hall–Kier alpha value is -1.94. The summed E-state index contributed by atoms with van der Waals surface area (Å²) in [4.78, 5) is 12.5. The average molecular weight is 549 g/mol. The Balaban J connectivity index is 1.83. The second-order valence-electron chi connectivity index (χ2n) is 9.84. The van der Waals surface area contributed by atoms with Crippen LogP contribution in [-0.2, 0) is 11.2 Å². The molecular weight excluding hydrogens is 515 g/mol. The highest BCUT2D eigenvalue weighted by molar-refractivity contribution is 5.75. The van der Waals surface area contributed by atoms with E-state index in [0.29, 0.717) is 18.8 Å². The molecule has 0 spiro atoms. The third kappa shape index (κ3) is 8.02. The van der Waals surface area contributed by atoms with E-state index in [1.54, 1.807) is 0 Å². The number of benzene rings is 1. The largest absolute Gasteiger partial charge is 0.460 e. The van der Waals surface area contributed by atoms with E-state index in [0.717, 1.165) is 31.4 Å². The lowest BCUT2D eigenvalue weighted by atomic mass is 9.80. The molecule has 0 aliphatic heterocycles. The van der Waals surface area contributed by atoms with Gasteiger partial charge < -0.3 is 4.74 Å². The first kappa shape index (κ1) is 31.3. The Morgan fingerprint density at radius 3 is 1.92 bits per heavy atom. The molecule has 0 aromatic heterocycles. The smallest absolute Gasteiger partial charge is 0.426 e. The quantitative estimate of drug-likeness (QED) is 0.106.